The van der Waals surface area contributed by atoms with E-state index in [1.165, 1.54) is 35.1 Å². The van der Waals surface area contributed by atoms with Crippen molar-refractivity contribution >= 4 is 0 Å². The zero-order valence-electron chi connectivity index (χ0n) is 13.2. The van der Waals surface area contributed by atoms with E-state index in [1.54, 1.807) is 6.42 Å². The van der Waals surface area contributed by atoms with Gasteiger partial charge in [0.15, 0.2) is 0 Å². The number of nitrogens with one attached hydrogen (secondary N) is 1. The SMILES string of the molecule is Cc1cc(C)c(C(C)NC2C3C4CCC(C4)C23)c(C)c1. The zero-order chi connectivity index (χ0) is 14.0. The van der Waals surface area contributed by atoms with E-state index in [4.69, 9.17) is 0 Å². The molecule has 0 aliphatic heterocycles. The van der Waals surface area contributed by atoms with E-state index in [2.05, 4.69) is 45.1 Å². The van der Waals surface area contributed by atoms with E-state index in [0.717, 1.165) is 29.7 Å². The van der Waals surface area contributed by atoms with Gasteiger partial charge in [0.05, 0.1) is 0 Å². The molecule has 3 aliphatic rings. The Morgan fingerprint density at radius 2 is 1.55 bits per heavy atom. The largest absolute Gasteiger partial charge is 0.307 e. The van der Waals surface area contributed by atoms with Crippen LogP contribution >= 0.6 is 0 Å². The third kappa shape index (κ3) is 1.79. The van der Waals surface area contributed by atoms with Crippen molar-refractivity contribution in [2.75, 3.05) is 0 Å². The molecule has 108 valence electrons. The molecule has 3 saturated carbocycles. The highest BCUT2D eigenvalue weighted by Crippen LogP contribution is 2.65. The molecule has 0 saturated heterocycles. The van der Waals surface area contributed by atoms with Crippen molar-refractivity contribution in [2.24, 2.45) is 23.7 Å². The molecule has 0 spiro atoms. The summed E-state index contributed by atoms with van der Waals surface area (Å²) in [5, 5.41) is 3.97. The monoisotopic (exact) mass is 269 g/mol. The number of hydrogen-bond acceptors (Lipinski definition) is 1. The summed E-state index contributed by atoms with van der Waals surface area (Å²) < 4.78 is 0. The van der Waals surface area contributed by atoms with Gasteiger partial charge in [0.25, 0.3) is 0 Å². The van der Waals surface area contributed by atoms with Crippen molar-refractivity contribution in [2.45, 2.75) is 59.0 Å². The fourth-order valence-corrected chi connectivity index (χ4v) is 5.79. The Balaban J connectivity index is 1.51. The standard InChI is InChI=1S/C19H27N/c1-10-7-11(2)16(12(3)8-10)13(4)20-19-17-14-5-6-15(9-14)18(17)19/h7-8,13-15,17-20H,5-6,9H2,1-4H3. The van der Waals surface area contributed by atoms with Gasteiger partial charge in [-0.05, 0) is 87.3 Å². The lowest BCUT2D eigenvalue weighted by molar-refractivity contribution is 0.432. The van der Waals surface area contributed by atoms with E-state index in [9.17, 15) is 0 Å². The van der Waals surface area contributed by atoms with Crippen LogP contribution in [-0.2, 0) is 0 Å². The second-order valence-electron chi connectivity index (χ2n) is 7.71. The highest BCUT2D eigenvalue weighted by molar-refractivity contribution is 5.39. The number of rotatable bonds is 3. The normalized spacial score (nSPS) is 38.9. The Labute approximate surface area is 123 Å². The van der Waals surface area contributed by atoms with Crippen LogP contribution in [0, 0.1) is 44.4 Å². The first-order valence-electron chi connectivity index (χ1n) is 8.40. The van der Waals surface area contributed by atoms with E-state index < -0.39 is 0 Å². The van der Waals surface area contributed by atoms with Gasteiger partial charge in [0.2, 0.25) is 0 Å². The molecule has 0 amide bonds. The lowest BCUT2D eigenvalue weighted by Crippen LogP contribution is -2.27. The van der Waals surface area contributed by atoms with Gasteiger partial charge in [-0.2, -0.15) is 0 Å². The van der Waals surface area contributed by atoms with Gasteiger partial charge in [0.1, 0.15) is 0 Å². The summed E-state index contributed by atoms with van der Waals surface area (Å²) in [6.45, 7) is 9.10. The molecule has 1 heteroatoms. The molecule has 5 atom stereocenters. The average Bonchev–Trinajstić information content (AvgIpc) is 2.77. The molecule has 0 heterocycles. The van der Waals surface area contributed by atoms with Crippen LogP contribution in [0.15, 0.2) is 12.1 Å². The molecule has 20 heavy (non-hydrogen) atoms. The van der Waals surface area contributed by atoms with Crippen molar-refractivity contribution in [3.63, 3.8) is 0 Å². The van der Waals surface area contributed by atoms with Gasteiger partial charge in [-0.15, -0.1) is 0 Å². The van der Waals surface area contributed by atoms with E-state index in [0.29, 0.717) is 6.04 Å². The fraction of sp³-hybridized carbons (Fsp3) is 0.684. The predicted molar refractivity (Wildman–Crippen MR) is 83.8 cm³/mol. The Kier molecular flexibility index (Phi) is 2.79. The summed E-state index contributed by atoms with van der Waals surface area (Å²) in [6.07, 6.45) is 4.58. The van der Waals surface area contributed by atoms with Crippen molar-refractivity contribution in [3.05, 3.63) is 34.4 Å². The van der Waals surface area contributed by atoms with Crippen LogP contribution < -0.4 is 5.32 Å². The van der Waals surface area contributed by atoms with Crippen LogP contribution in [-0.4, -0.2) is 6.04 Å². The van der Waals surface area contributed by atoms with Crippen molar-refractivity contribution in [1.29, 1.82) is 0 Å². The van der Waals surface area contributed by atoms with Crippen LogP contribution in [0.25, 0.3) is 0 Å². The predicted octanol–water partition coefficient (Wildman–Crippen LogP) is 4.31. The molecular weight excluding hydrogens is 242 g/mol. The molecule has 1 aromatic carbocycles. The molecular formula is C19H27N. The molecule has 0 aromatic heterocycles. The quantitative estimate of drug-likeness (QED) is 0.862. The van der Waals surface area contributed by atoms with E-state index in [-0.39, 0.29) is 0 Å². The van der Waals surface area contributed by atoms with E-state index >= 15 is 0 Å². The third-order valence-electron chi connectivity index (χ3n) is 6.35. The first-order chi connectivity index (χ1) is 9.56. The Morgan fingerprint density at radius 1 is 1.00 bits per heavy atom. The topological polar surface area (TPSA) is 12.0 Å². The summed E-state index contributed by atoms with van der Waals surface area (Å²) in [4.78, 5) is 0. The summed E-state index contributed by atoms with van der Waals surface area (Å²) in [5.41, 5.74) is 5.83. The maximum absolute atomic E-state index is 3.97. The Bertz CT molecular complexity index is 508. The van der Waals surface area contributed by atoms with Crippen LogP contribution in [0.2, 0.25) is 0 Å². The summed E-state index contributed by atoms with van der Waals surface area (Å²) in [6, 6.07) is 6.00. The van der Waals surface area contributed by atoms with Gasteiger partial charge in [0, 0.05) is 12.1 Å². The number of benzene rings is 1. The molecule has 1 aromatic rings. The van der Waals surface area contributed by atoms with Gasteiger partial charge in [-0.1, -0.05) is 17.7 Å². The molecule has 0 radical (unpaired) electrons. The van der Waals surface area contributed by atoms with Gasteiger partial charge < -0.3 is 5.32 Å². The highest BCUT2D eigenvalue weighted by atomic mass is 15.0. The maximum atomic E-state index is 3.97. The van der Waals surface area contributed by atoms with Gasteiger partial charge in [-0.3, -0.25) is 0 Å². The molecule has 1 N–H and O–H groups in total. The average molecular weight is 269 g/mol. The van der Waals surface area contributed by atoms with Crippen LogP contribution in [0.1, 0.15) is 54.5 Å². The molecule has 1 nitrogen and oxygen atoms in total. The molecule has 3 aliphatic carbocycles. The van der Waals surface area contributed by atoms with Crippen LogP contribution in [0.3, 0.4) is 0 Å². The minimum Gasteiger partial charge on any atom is -0.307 e. The fourth-order valence-electron chi connectivity index (χ4n) is 5.79. The van der Waals surface area contributed by atoms with Crippen LogP contribution in [0.5, 0.6) is 0 Å². The lowest BCUT2D eigenvalue weighted by Gasteiger charge is -2.21. The Morgan fingerprint density at radius 3 is 2.10 bits per heavy atom. The van der Waals surface area contributed by atoms with Crippen molar-refractivity contribution in [1.82, 2.24) is 5.32 Å². The van der Waals surface area contributed by atoms with Gasteiger partial charge >= 0.3 is 0 Å². The molecule has 5 unspecified atom stereocenters. The molecule has 3 fully saturated rings. The summed E-state index contributed by atoms with van der Waals surface area (Å²) in [5.74, 6) is 4.19. The third-order valence-corrected chi connectivity index (χ3v) is 6.35. The minimum absolute atomic E-state index is 0.505. The summed E-state index contributed by atoms with van der Waals surface area (Å²) >= 11 is 0. The Hall–Kier alpha value is -0.820. The zero-order valence-corrected chi connectivity index (χ0v) is 13.2. The first-order valence-corrected chi connectivity index (χ1v) is 8.40. The van der Waals surface area contributed by atoms with Crippen molar-refractivity contribution in [3.8, 4) is 0 Å². The second-order valence-corrected chi connectivity index (χ2v) is 7.71. The lowest BCUT2D eigenvalue weighted by atomic mass is 9.94. The maximum Gasteiger partial charge on any atom is 0.0299 e. The minimum atomic E-state index is 0.505. The smallest absolute Gasteiger partial charge is 0.0299 e. The second kappa shape index (κ2) is 4.34. The summed E-state index contributed by atoms with van der Waals surface area (Å²) in [7, 11) is 0. The molecule has 4 rings (SSSR count). The van der Waals surface area contributed by atoms with E-state index in [1.807, 2.05) is 0 Å². The first kappa shape index (κ1) is 12.9. The number of aryl methyl sites for hydroxylation is 3. The number of fused-ring (bicyclic) bond motifs is 5. The van der Waals surface area contributed by atoms with Crippen LogP contribution in [0.4, 0.5) is 0 Å². The molecule has 2 bridgehead atoms. The number of hydrogen-bond donors (Lipinski definition) is 1. The van der Waals surface area contributed by atoms with Crippen molar-refractivity contribution < 1.29 is 0 Å². The van der Waals surface area contributed by atoms with Gasteiger partial charge in [-0.25, -0.2) is 0 Å². The highest BCUT2D eigenvalue weighted by Gasteiger charge is 2.64.